The fraction of sp³-hybridized carbons (Fsp3) is 1.00. The Morgan fingerprint density at radius 1 is 0.143 bits per heavy atom. The van der Waals surface area contributed by atoms with Gasteiger partial charge in [0.15, 0.2) is 0 Å². The third-order valence-corrected chi connectivity index (χ3v) is 8.84. The van der Waals surface area contributed by atoms with E-state index in [1.54, 1.807) is 0 Å². The van der Waals surface area contributed by atoms with Crippen LogP contribution in [0, 0.1) is 0 Å². The first-order chi connectivity index (χ1) is 27.9. The highest BCUT2D eigenvalue weighted by Crippen LogP contribution is 2.02. The minimum Gasteiger partial charge on any atom is -0.396 e. The molecule has 0 aromatic rings. The third kappa shape index (κ3) is 53.5. The summed E-state index contributed by atoms with van der Waals surface area (Å²) in [6.45, 7) is 16.4. The molecule has 0 radical (unpaired) electrons. The summed E-state index contributed by atoms with van der Waals surface area (Å²) in [4.78, 5) is 0. The molecule has 0 bridgehead atoms. The van der Waals surface area contributed by atoms with Crippen molar-refractivity contribution in [3.8, 4) is 0 Å². The molecule has 0 unspecified atom stereocenters. The Morgan fingerprint density at radius 2 is 0.232 bits per heavy atom. The lowest BCUT2D eigenvalue weighted by Gasteiger charge is -2.08. The lowest BCUT2D eigenvalue weighted by atomic mass is 10.3. The van der Waals surface area contributed by atoms with Crippen LogP contribution >= 0.6 is 0 Å². The Hall–Kier alpha value is -0.480. The molecule has 0 saturated carbocycles. The van der Waals surface area contributed by atoms with Crippen LogP contribution in [0.1, 0.15) is 141 Å². The molecule has 0 aliphatic carbocycles. The SMILES string of the molecule is OCCCCOCCCCOCCCCOCCCCOCCCCOCCCCOCCCCOCCCCOCCCCOCCCCOCCCCO. The molecule has 0 aliphatic heterocycles. The fourth-order valence-electron chi connectivity index (χ4n) is 5.33. The van der Waals surface area contributed by atoms with Gasteiger partial charge in [-0.05, 0) is 141 Å². The van der Waals surface area contributed by atoms with E-state index in [1.807, 2.05) is 0 Å². The summed E-state index contributed by atoms with van der Waals surface area (Å²) in [5, 5.41) is 17.5. The zero-order valence-corrected chi connectivity index (χ0v) is 36.1. The number of aliphatic hydroxyl groups is 2. The topological polar surface area (TPSA) is 133 Å². The molecule has 0 heterocycles. The van der Waals surface area contributed by atoms with Crippen molar-refractivity contribution in [2.45, 2.75) is 141 Å². The van der Waals surface area contributed by atoms with Crippen LogP contribution in [-0.2, 0) is 47.4 Å². The molecule has 0 aromatic heterocycles. The van der Waals surface area contributed by atoms with Crippen LogP contribution in [0.15, 0.2) is 0 Å². The first-order valence-corrected chi connectivity index (χ1v) is 22.9. The highest BCUT2D eigenvalue weighted by molar-refractivity contribution is 4.47. The van der Waals surface area contributed by atoms with Gasteiger partial charge in [0.05, 0.1) is 0 Å². The van der Waals surface area contributed by atoms with Gasteiger partial charge in [-0.15, -0.1) is 0 Å². The molecule has 0 aliphatic rings. The maximum Gasteiger partial charge on any atom is 0.0466 e. The van der Waals surface area contributed by atoms with Gasteiger partial charge < -0.3 is 57.6 Å². The van der Waals surface area contributed by atoms with E-state index in [1.165, 1.54) is 0 Å². The van der Waals surface area contributed by atoms with E-state index >= 15 is 0 Å². The zero-order chi connectivity index (χ0) is 40.2. The lowest BCUT2D eigenvalue weighted by Crippen LogP contribution is -2.05. The van der Waals surface area contributed by atoms with Crippen LogP contribution in [0.5, 0.6) is 0 Å². The maximum atomic E-state index is 8.73. The van der Waals surface area contributed by atoms with Gasteiger partial charge in [0.1, 0.15) is 0 Å². The Kier molecular flexibility index (Phi) is 54.1. The quantitative estimate of drug-likeness (QED) is 0.0583. The molecule has 0 saturated heterocycles. The fourth-order valence-corrected chi connectivity index (χ4v) is 5.33. The van der Waals surface area contributed by atoms with Crippen LogP contribution < -0.4 is 0 Å². The van der Waals surface area contributed by atoms with E-state index in [4.69, 9.17) is 57.6 Å². The highest BCUT2D eigenvalue weighted by Gasteiger charge is 1.99. The molecule has 0 aromatic carbocycles. The molecule has 0 amide bonds. The minimum atomic E-state index is 0.250. The first kappa shape index (κ1) is 55.5. The molecule has 2 N–H and O–H groups in total. The van der Waals surface area contributed by atoms with E-state index in [0.29, 0.717) is 0 Å². The highest BCUT2D eigenvalue weighted by atomic mass is 16.5. The number of rotatable bonds is 53. The van der Waals surface area contributed by atoms with Gasteiger partial charge in [0, 0.05) is 145 Å². The van der Waals surface area contributed by atoms with Crippen molar-refractivity contribution in [1.29, 1.82) is 0 Å². The van der Waals surface area contributed by atoms with Gasteiger partial charge >= 0.3 is 0 Å². The van der Waals surface area contributed by atoms with Gasteiger partial charge in [0.2, 0.25) is 0 Å². The van der Waals surface area contributed by atoms with Crippen LogP contribution in [0.4, 0.5) is 0 Å². The van der Waals surface area contributed by atoms with Crippen LogP contribution in [0.2, 0.25) is 0 Å². The Morgan fingerprint density at radius 3 is 0.321 bits per heavy atom. The molecule has 0 fully saturated rings. The second-order valence-electron chi connectivity index (χ2n) is 14.3. The third-order valence-electron chi connectivity index (χ3n) is 8.84. The number of unbranched alkanes of at least 4 members (excludes halogenated alkanes) is 11. The van der Waals surface area contributed by atoms with Crippen LogP contribution in [0.25, 0.3) is 0 Å². The lowest BCUT2D eigenvalue weighted by molar-refractivity contribution is 0.0768. The average molecular weight is 811 g/mol. The van der Waals surface area contributed by atoms with E-state index in [9.17, 15) is 0 Å². The van der Waals surface area contributed by atoms with Crippen molar-refractivity contribution in [3.05, 3.63) is 0 Å². The van der Waals surface area contributed by atoms with Crippen molar-refractivity contribution in [1.82, 2.24) is 0 Å². The first-order valence-electron chi connectivity index (χ1n) is 22.9. The summed E-state index contributed by atoms with van der Waals surface area (Å²) < 4.78 is 56.8. The molecule has 338 valence electrons. The molecular weight excluding hydrogens is 720 g/mol. The van der Waals surface area contributed by atoms with E-state index in [0.717, 1.165) is 273 Å². The summed E-state index contributed by atoms with van der Waals surface area (Å²) in [6, 6.07) is 0. The summed E-state index contributed by atoms with van der Waals surface area (Å²) in [5.74, 6) is 0. The standard InChI is InChI=1S/C44H90O12/c45-23-1-3-25-47-27-5-7-29-49-31-9-11-33-51-35-13-15-37-53-39-17-19-41-55-43-21-22-44-56-42-20-18-40-54-38-16-14-36-52-34-12-10-32-50-30-8-6-28-48-26-4-2-24-46/h45-46H,1-44H2. The number of aliphatic hydroxyl groups excluding tert-OH is 2. The molecule has 12 heteroatoms. The molecule has 0 spiro atoms. The van der Waals surface area contributed by atoms with Gasteiger partial charge in [-0.2, -0.15) is 0 Å². The van der Waals surface area contributed by atoms with E-state index in [2.05, 4.69) is 0 Å². The predicted octanol–water partition coefficient (Wildman–Crippen LogP) is 7.72. The number of ether oxygens (including phenoxy) is 10. The maximum absolute atomic E-state index is 8.73. The molecular formula is C44H90O12. The second-order valence-corrected chi connectivity index (χ2v) is 14.3. The minimum absolute atomic E-state index is 0.250. The van der Waals surface area contributed by atoms with Crippen LogP contribution in [0.3, 0.4) is 0 Å². The molecule has 12 nitrogen and oxygen atoms in total. The summed E-state index contributed by atoms with van der Waals surface area (Å²) in [6.07, 6.45) is 22.3. The Bertz CT molecular complexity index is 610. The van der Waals surface area contributed by atoms with Crippen molar-refractivity contribution in [2.24, 2.45) is 0 Å². The normalized spacial score (nSPS) is 11.7. The van der Waals surface area contributed by atoms with Crippen molar-refractivity contribution >= 4 is 0 Å². The van der Waals surface area contributed by atoms with Gasteiger partial charge in [-0.1, -0.05) is 0 Å². The summed E-state index contributed by atoms with van der Waals surface area (Å²) >= 11 is 0. The molecule has 56 heavy (non-hydrogen) atoms. The predicted molar refractivity (Wildman–Crippen MR) is 224 cm³/mol. The Balaban J connectivity index is 3.05. The largest absolute Gasteiger partial charge is 0.396 e. The summed E-state index contributed by atoms with van der Waals surface area (Å²) in [7, 11) is 0. The average Bonchev–Trinajstić information content (AvgIpc) is 3.21. The number of hydrogen-bond donors (Lipinski definition) is 2. The zero-order valence-electron chi connectivity index (χ0n) is 36.1. The molecule has 0 rings (SSSR count). The van der Waals surface area contributed by atoms with E-state index in [-0.39, 0.29) is 13.2 Å². The van der Waals surface area contributed by atoms with Crippen molar-refractivity contribution < 1.29 is 57.6 Å². The monoisotopic (exact) mass is 811 g/mol. The van der Waals surface area contributed by atoms with Crippen LogP contribution in [-0.4, -0.2) is 156 Å². The van der Waals surface area contributed by atoms with Gasteiger partial charge in [0.25, 0.3) is 0 Å². The van der Waals surface area contributed by atoms with Gasteiger partial charge in [-0.3, -0.25) is 0 Å². The van der Waals surface area contributed by atoms with Crippen molar-refractivity contribution in [3.63, 3.8) is 0 Å². The number of hydrogen-bond acceptors (Lipinski definition) is 12. The summed E-state index contributed by atoms with van der Waals surface area (Å²) in [5.41, 5.74) is 0. The van der Waals surface area contributed by atoms with Gasteiger partial charge in [-0.25, -0.2) is 0 Å². The van der Waals surface area contributed by atoms with E-state index < -0.39 is 0 Å². The second kappa shape index (κ2) is 54.5. The Labute approximate surface area is 343 Å². The molecule has 0 atom stereocenters. The smallest absolute Gasteiger partial charge is 0.0466 e. The van der Waals surface area contributed by atoms with Crippen molar-refractivity contribution in [2.75, 3.05) is 145 Å².